The van der Waals surface area contributed by atoms with Crippen molar-refractivity contribution in [3.8, 4) is 0 Å². The van der Waals surface area contributed by atoms with Crippen LogP contribution in [0.15, 0.2) is 42.0 Å². The molecule has 1 aromatic carbocycles. The summed E-state index contributed by atoms with van der Waals surface area (Å²) in [6.07, 6.45) is 2.78. The smallest absolute Gasteiger partial charge is 0.224 e. The Hall–Kier alpha value is -2.01. The van der Waals surface area contributed by atoms with Crippen LogP contribution in [0.25, 0.3) is 0 Å². The van der Waals surface area contributed by atoms with Crippen molar-refractivity contribution >= 4 is 6.29 Å². The Bertz CT molecular complexity index is 553. The summed E-state index contributed by atoms with van der Waals surface area (Å²) in [7, 11) is 0. The third kappa shape index (κ3) is 3.80. The summed E-state index contributed by atoms with van der Waals surface area (Å²) < 4.78 is 5.67. The van der Waals surface area contributed by atoms with Gasteiger partial charge in [0.2, 0.25) is 6.04 Å². The van der Waals surface area contributed by atoms with Gasteiger partial charge in [0.05, 0.1) is 18.6 Å². The van der Waals surface area contributed by atoms with Crippen LogP contribution in [0.3, 0.4) is 0 Å². The highest BCUT2D eigenvalue weighted by atomic mass is 16.6. The Morgan fingerprint density at radius 2 is 2.05 bits per heavy atom. The van der Waals surface area contributed by atoms with Gasteiger partial charge in [-0.3, -0.25) is 14.9 Å². The number of hydrogen-bond acceptors (Lipinski definition) is 4. The number of ether oxygens (including phenoxy) is 1. The molecule has 0 fully saturated rings. The maximum atomic E-state index is 11.5. The van der Waals surface area contributed by atoms with Crippen LogP contribution < -0.4 is 0 Å². The van der Waals surface area contributed by atoms with E-state index in [0.717, 1.165) is 11.8 Å². The Kier molecular flexibility index (Phi) is 5.44. The van der Waals surface area contributed by atoms with Crippen molar-refractivity contribution < 1.29 is 14.5 Å². The van der Waals surface area contributed by atoms with Gasteiger partial charge in [0.25, 0.3) is 0 Å². The minimum Gasteiger partial charge on any atom is -0.378 e. The number of hydrogen-bond donors (Lipinski definition) is 0. The van der Waals surface area contributed by atoms with Crippen LogP contribution in [-0.4, -0.2) is 30.0 Å². The molecule has 118 valence electrons. The Morgan fingerprint density at radius 3 is 2.59 bits per heavy atom. The van der Waals surface area contributed by atoms with Gasteiger partial charge in [0.15, 0.2) is 0 Å². The maximum Gasteiger partial charge on any atom is 0.224 e. The van der Waals surface area contributed by atoms with Crippen molar-refractivity contribution in [2.45, 2.75) is 38.3 Å². The highest BCUT2D eigenvalue weighted by Crippen LogP contribution is 2.38. The number of carbonyl (C=O) groups is 1. The third-order valence-electron chi connectivity index (χ3n) is 3.98. The zero-order chi connectivity index (χ0) is 16.1. The van der Waals surface area contributed by atoms with Gasteiger partial charge in [-0.25, -0.2) is 0 Å². The third-order valence-corrected chi connectivity index (χ3v) is 3.98. The lowest BCUT2D eigenvalue weighted by molar-refractivity contribution is -0.528. The van der Waals surface area contributed by atoms with Gasteiger partial charge in [0.1, 0.15) is 6.29 Å². The van der Waals surface area contributed by atoms with Gasteiger partial charge in [-0.1, -0.05) is 36.4 Å². The van der Waals surface area contributed by atoms with Crippen molar-refractivity contribution in [1.82, 2.24) is 0 Å². The highest BCUT2D eigenvalue weighted by molar-refractivity contribution is 5.73. The van der Waals surface area contributed by atoms with Gasteiger partial charge in [-0.05, 0) is 25.0 Å². The lowest BCUT2D eigenvalue weighted by Gasteiger charge is -2.32. The minimum absolute atomic E-state index is 0.0421. The lowest BCUT2D eigenvalue weighted by atomic mass is 9.74. The normalized spacial score (nSPS) is 24.9. The first-order valence-electron chi connectivity index (χ1n) is 7.48. The van der Waals surface area contributed by atoms with E-state index in [4.69, 9.17) is 4.74 Å². The molecule has 3 atom stereocenters. The number of carbonyl (C=O) groups excluding carboxylic acids is 1. The first-order valence-corrected chi connectivity index (χ1v) is 7.48. The van der Waals surface area contributed by atoms with Crippen LogP contribution >= 0.6 is 0 Å². The van der Waals surface area contributed by atoms with E-state index in [9.17, 15) is 14.9 Å². The summed E-state index contributed by atoms with van der Waals surface area (Å²) in [4.78, 5) is 22.4. The second kappa shape index (κ2) is 7.31. The van der Waals surface area contributed by atoms with Crippen LogP contribution in [0, 0.1) is 16.0 Å². The molecule has 1 aliphatic rings. The molecule has 22 heavy (non-hydrogen) atoms. The van der Waals surface area contributed by atoms with Crippen molar-refractivity contribution in [3.63, 3.8) is 0 Å². The largest absolute Gasteiger partial charge is 0.378 e. The highest BCUT2D eigenvalue weighted by Gasteiger charge is 2.41. The lowest BCUT2D eigenvalue weighted by Crippen LogP contribution is -2.37. The molecule has 5 heteroatoms. The fraction of sp³-hybridized carbons (Fsp3) is 0.471. The molecule has 1 aromatic rings. The Labute approximate surface area is 130 Å². The molecule has 0 heterocycles. The summed E-state index contributed by atoms with van der Waals surface area (Å²) in [6, 6.07) is 8.66. The first-order chi connectivity index (χ1) is 10.5. The monoisotopic (exact) mass is 303 g/mol. The van der Waals surface area contributed by atoms with E-state index in [0.29, 0.717) is 12.2 Å². The molecule has 0 spiro atoms. The van der Waals surface area contributed by atoms with Crippen molar-refractivity contribution in [2.75, 3.05) is 6.61 Å². The zero-order valence-electron chi connectivity index (χ0n) is 12.8. The number of aldehydes is 1. The fourth-order valence-electron chi connectivity index (χ4n) is 2.99. The molecule has 0 amide bonds. The molecule has 0 aliphatic heterocycles. The van der Waals surface area contributed by atoms with Crippen LogP contribution in [0.2, 0.25) is 0 Å². The predicted octanol–water partition coefficient (Wildman–Crippen LogP) is 2.99. The summed E-state index contributed by atoms with van der Waals surface area (Å²) >= 11 is 0. The first kappa shape index (κ1) is 16.4. The summed E-state index contributed by atoms with van der Waals surface area (Å²) in [6.45, 7) is 4.23. The predicted molar refractivity (Wildman–Crippen MR) is 83.3 cm³/mol. The van der Waals surface area contributed by atoms with Crippen LogP contribution in [-0.2, 0) is 9.53 Å². The number of benzene rings is 1. The topological polar surface area (TPSA) is 69.4 Å². The van der Waals surface area contributed by atoms with E-state index in [1.54, 1.807) is 0 Å². The van der Waals surface area contributed by atoms with Crippen molar-refractivity contribution in [1.29, 1.82) is 0 Å². The van der Waals surface area contributed by atoms with Gasteiger partial charge in [0, 0.05) is 17.3 Å². The van der Waals surface area contributed by atoms with E-state index in [1.165, 1.54) is 0 Å². The van der Waals surface area contributed by atoms with E-state index in [-0.39, 0.29) is 29.3 Å². The van der Waals surface area contributed by atoms with E-state index in [1.807, 2.05) is 50.3 Å². The van der Waals surface area contributed by atoms with Gasteiger partial charge in [-0.15, -0.1) is 0 Å². The van der Waals surface area contributed by atoms with E-state index < -0.39 is 6.04 Å². The zero-order valence-corrected chi connectivity index (χ0v) is 12.8. The standard InChI is InChI=1S/C17H21NO4/c1-12(2)22-11-15-8-13(10-19)9-16(18(20)21)17(15)14-6-4-3-5-7-14/h3-8,10,12,15-17H,9,11H2,1-2H3/t15-,16+,17-/m1/s1. The van der Waals surface area contributed by atoms with Crippen LogP contribution in [0.1, 0.15) is 31.7 Å². The molecular weight excluding hydrogens is 282 g/mol. The molecule has 0 N–H and O–H groups in total. The van der Waals surface area contributed by atoms with E-state index in [2.05, 4.69) is 0 Å². The second-order valence-corrected chi connectivity index (χ2v) is 5.90. The molecule has 0 aromatic heterocycles. The van der Waals surface area contributed by atoms with Crippen LogP contribution in [0.4, 0.5) is 0 Å². The Balaban J connectivity index is 2.38. The summed E-state index contributed by atoms with van der Waals surface area (Å²) in [5.41, 5.74) is 1.41. The molecule has 0 unspecified atom stereocenters. The minimum atomic E-state index is -0.798. The van der Waals surface area contributed by atoms with Gasteiger partial charge in [-0.2, -0.15) is 0 Å². The SMILES string of the molecule is CC(C)OC[C@H]1C=C(C=O)C[C@H]([N+](=O)[O-])[C@@H]1c1ccccc1. The molecule has 0 radical (unpaired) electrons. The second-order valence-electron chi connectivity index (χ2n) is 5.90. The number of nitro groups is 1. The quantitative estimate of drug-likeness (QED) is 0.460. The van der Waals surface area contributed by atoms with Crippen molar-refractivity contribution in [3.05, 3.63) is 57.7 Å². The molecule has 0 saturated carbocycles. The fourth-order valence-corrected chi connectivity index (χ4v) is 2.99. The Morgan fingerprint density at radius 1 is 1.36 bits per heavy atom. The summed E-state index contributed by atoms with van der Waals surface area (Å²) in [5, 5.41) is 11.5. The molecular formula is C17H21NO4. The molecule has 5 nitrogen and oxygen atoms in total. The molecule has 1 aliphatic carbocycles. The van der Waals surface area contributed by atoms with Gasteiger partial charge < -0.3 is 4.74 Å². The van der Waals surface area contributed by atoms with Crippen LogP contribution in [0.5, 0.6) is 0 Å². The summed E-state index contributed by atoms with van der Waals surface area (Å²) in [5.74, 6) is -0.451. The van der Waals surface area contributed by atoms with Crippen molar-refractivity contribution in [2.24, 2.45) is 5.92 Å². The average Bonchev–Trinajstić information content (AvgIpc) is 2.52. The van der Waals surface area contributed by atoms with Gasteiger partial charge >= 0.3 is 0 Å². The molecule has 2 rings (SSSR count). The maximum absolute atomic E-state index is 11.5. The average molecular weight is 303 g/mol. The molecule has 0 bridgehead atoms. The number of rotatable bonds is 6. The molecule has 0 saturated heterocycles. The number of nitrogens with zero attached hydrogens (tertiary/aromatic N) is 1. The van der Waals surface area contributed by atoms with E-state index >= 15 is 0 Å².